The summed E-state index contributed by atoms with van der Waals surface area (Å²) in [5.74, 6) is -0.569. The van der Waals surface area contributed by atoms with Gasteiger partial charge in [-0.25, -0.2) is 9.37 Å². The monoisotopic (exact) mass is 382 g/mol. The van der Waals surface area contributed by atoms with Crippen LogP contribution in [-0.2, 0) is 6.54 Å². The van der Waals surface area contributed by atoms with E-state index in [4.69, 9.17) is 11.6 Å². The Morgan fingerprint density at radius 2 is 1.96 bits per heavy atom. The lowest BCUT2D eigenvalue weighted by molar-refractivity contribution is 0.0821. The minimum Gasteiger partial charge on any atom is -0.343 e. The number of fused-ring (bicyclic) bond motifs is 3. The number of nitrogens with zero attached hydrogens (tertiary/aromatic N) is 4. The van der Waals surface area contributed by atoms with Gasteiger partial charge in [0.05, 0.1) is 23.6 Å². The van der Waals surface area contributed by atoms with Gasteiger partial charge in [0.1, 0.15) is 12.1 Å². The lowest BCUT2D eigenvalue weighted by Crippen LogP contribution is -2.23. The van der Waals surface area contributed by atoms with Gasteiger partial charge >= 0.3 is 0 Å². The van der Waals surface area contributed by atoms with Crippen LogP contribution in [0.5, 0.6) is 0 Å². The molecule has 0 spiro atoms. The van der Waals surface area contributed by atoms with Crippen molar-refractivity contribution in [1.82, 2.24) is 14.5 Å². The molecule has 2 aromatic carbocycles. The van der Waals surface area contributed by atoms with E-state index >= 15 is 0 Å². The Hall–Kier alpha value is -2.99. The molecule has 0 bridgehead atoms. The third kappa shape index (κ3) is 2.92. The molecule has 1 aromatic heterocycles. The number of carbonyl (C=O) groups excluding carboxylic acids is 1. The summed E-state index contributed by atoms with van der Waals surface area (Å²) in [6, 6.07) is 11.8. The number of hydrogen-bond donors (Lipinski definition) is 0. The van der Waals surface area contributed by atoms with Crippen molar-refractivity contribution in [3.8, 4) is 5.69 Å². The SMILES string of the molecule is CN(C)C(=O)c1ncn2c1CN=C(c1ccccc1F)c1cc(Cl)ccc1-2. The minimum absolute atomic E-state index is 0.199. The Kier molecular flexibility index (Phi) is 4.28. The number of benzene rings is 2. The second-order valence-electron chi connectivity index (χ2n) is 6.42. The Morgan fingerprint density at radius 1 is 1.19 bits per heavy atom. The van der Waals surface area contributed by atoms with Crippen LogP contribution in [0.4, 0.5) is 4.39 Å². The topological polar surface area (TPSA) is 50.5 Å². The van der Waals surface area contributed by atoms with Crippen LogP contribution in [0.25, 0.3) is 5.69 Å². The highest BCUT2D eigenvalue weighted by atomic mass is 35.5. The number of aromatic nitrogens is 2. The van der Waals surface area contributed by atoms with Gasteiger partial charge in [0.15, 0.2) is 5.69 Å². The van der Waals surface area contributed by atoms with Crippen molar-refractivity contribution >= 4 is 23.2 Å². The zero-order chi connectivity index (χ0) is 19.1. The van der Waals surface area contributed by atoms with E-state index in [9.17, 15) is 9.18 Å². The number of hydrogen-bond acceptors (Lipinski definition) is 3. The highest BCUT2D eigenvalue weighted by Crippen LogP contribution is 2.29. The molecule has 5 nitrogen and oxygen atoms in total. The number of amides is 1. The fourth-order valence-electron chi connectivity index (χ4n) is 3.15. The highest BCUT2D eigenvalue weighted by molar-refractivity contribution is 6.31. The molecule has 0 aliphatic carbocycles. The Balaban J connectivity index is 1.97. The zero-order valence-electron chi connectivity index (χ0n) is 14.8. The van der Waals surface area contributed by atoms with Crippen LogP contribution in [0.2, 0.25) is 5.02 Å². The lowest BCUT2D eigenvalue weighted by atomic mass is 10.00. The smallest absolute Gasteiger partial charge is 0.273 e. The van der Waals surface area contributed by atoms with E-state index in [0.29, 0.717) is 33.2 Å². The maximum Gasteiger partial charge on any atom is 0.273 e. The molecule has 0 fully saturated rings. The van der Waals surface area contributed by atoms with Gasteiger partial charge in [-0.2, -0.15) is 0 Å². The van der Waals surface area contributed by atoms with Crippen molar-refractivity contribution in [3.63, 3.8) is 0 Å². The van der Waals surface area contributed by atoms with E-state index in [0.717, 1.165) is 5.69 Å². The number of carbonyl (C=O) groups is 1. The number of imidazole rings is 1. The molecule has 0 unspecified atom stereocenters. The van der Waals surface area contributed by atoms with Gasteiger partial charge in [0.2, 0.25) is 0 Å². The fourth-order valence-corrected chi connectivity index (χ4v) is 3.33. The van der Waals surface area contributed by atoms with Crippen LogP contribution < -0.4 is 0 Å². The van der Waals surface area contributed by atoms with Crippen LogP contribution in [0, 0.1) is 5.82 Å². The molecule has 1 aliphatic heterocycles. The molecule has 2 heterocycles. The molecule has 4 rings (SSSR count). The maximum absolute atomic E-state index is 14.5. The zero-order valence-corrected chi connectivity index (χ0v) is 15.5. The Labute approximate surface area is 160 Å². The third-order valence-corrected chi connectivity index (χ3v) is 4.70. The Bertz CT molecular complexity index is 1090. The second kappa shape index (κ2) is 6.63. The van der Waals surface area contributed by atoms with Crippen molar-refractivity contribution in [3.05, 3.63) is 82.1 Å². The molecule has 0 atom stereocenters. The van der Waals surface area contributed by atoms with Gasteiger partial charge in [0, 0.05) is 30.2 Å². The summed E-state index contributed by atoms with van der Waals surface area (Å²) >= 11 is 6.21. The summed E-state index contributed by atoms with van der Waals surface area (Å²) in [5.41, 5.74) is 3.31. The molecule has 1 amide bonds. The van der Waals surface area contributed by atoms with Crippen molar-refractivity contribution in [2.75, 3.05) is 14.1 Å². The summed E-state index contributed by atoms with van der Waals surface area (Å²) < 4.78 is 16.3. The summed E-state index contributed by atoms with van der Waals surface area (Å²) in [6.07, 6.45) is 1.60. The predicted molar refractivity (Wildman–Crippen MR) is 102 cm³/mol. The number of aliphatic imine (C=N–C) groups is 1. The molecule has 0 saturated carbocycles. The molecule has 0 saturated heterocycles. The van der Waals surface area contributed by atoms with Gasteiger partial charge < -0.3 is 4.90 Å². The summed E-state index contributed by atoms with van der Waals surface area (Å²) in [7, 11) is 3.35. The van der Waals surface area contributed by atoms with E-state index in [2.05, 4.69) is 9.98 Å². The molecule has 7 heteroatoms. The normalized spacial score (nSPS) is 12.7. The van der Waals surface area contributed by atoms with Crippen LogP contribution in [0.3, 0.4) is 0 Å². The standard InChI is InChI=1S/C20H16ClFN4O/c1-25(2)20(27)19-17-10-23-18(13-5-3-4-6-15(13)22)14-9-12(21)7-8-16(14)26(17)11-24-19/h3-9,11H,10H2,1-2H3. The molecular weight excluding hydrogens is 367 g/mol. The van der Waals surface area contributed by atoms with E-state index < -0.39 is 0 Å². The van der Waals surface area contributed by atoms with E-state index in [1.165, 1.54) is 11.0 Å². The van der Waals surface area contributed by atoms with Crippen LogP contribution in [-0.4, -0.2) is 40.2 Å². The lowest BCUT2D eigenvalue weighted by Gasteiger charge is -2.13. The number of rotatable bonds is 2. The van der Waals surface area contributed by atoms with Crippen molar-refractivity contribution in [2.24, 2.45) is 4.99 Å². The first-order valence-electron chi connectivity index (χ1n) is 8.35. The summed E-state index contributed by atoms with van der Waals surface area (Å²) in [4.78, 5) is 22.9. The van der Waals surface area contributed by atoms with Crippen molar-refractivity contribution in [1.29, 1.82) is 0 Å². The largest absolute Gasteiger partial charge is 0.343 e. The van der Waals surface area contributed by atoms with Crippen molar-refractivity contribution < 1.29 is 9.18 Å². The minimum atomic E-state index is -0.364. The van der Waals surface area contributed by atoms with Gasteiger partial charge in [-0.05, 0) is 30.3 Å². The van der Waals surface area contributed by atoms with Gasteiger partial charge in [0.25, 0.3) is 5.91 Å². The van der Waals surface area contributed by atoms with Crippen LogP contribution >= 0.6 is 11.6 Å². The van der Waals surface area contributed by atoms with Crippen molar-refractivity contribution in [2.45, 2.75) is 6.54 Å². The first-order chi connectivity index (χ1) is 13.0. The third-order valence-electron chi connectivity index (χ3n) is 4.46. The summed E-state index contributed by atoms with van der Waals surface area (Å²) in [5, 5.41) is 0.519. The van der Waals surface area contributed by atoms with Gasteiger partial charge in [-0.3, -0.25) is 14.4 Å². The molecule has 1 aliphatic rings. The molecule has 0 radical (unpaired) electrons. The fraction of sp³-hybridized carbons (Fsp3) is 0.150. The average molecular weight is 383 g/mol. The maximum atomic E-state index is 14.5. The Morgan fingerprint density at radius 3 is 2.70 bits per heavy atom. The molecule has 3 aromatic rings. The molecule has 27 heavy (non-hydrogen) atoms. The average Bonchev–Trinajstić information content (AvgIpc) is 2.99. The molecule has 0 N–H and O–H groups in total. The van der Waals surface area contributed by atoms with Crippen LogP contribution in [0.1, 0.15) is 27.3 Å². The van der Waals surface area contributed by atoms with Gasteiger partial charge in [-0.15, -0.1) is 0 Å². The first-order valence-corrected chi connectivity index (χ1v) is 8.72. The van der Waals surface area contributed by atoms with E-state index in [1.54, 1.807) is 50.8 Å². The quantitative estimate of drug-likeness (QED) is 0.678. The first kappa shape index (κ1) is 17.4. The number of halogens is 2. The predicted octanol–water partition coefficient (Wildman–Crippen LogP) is 3.72. The second-order valence-corrected chi connectivity index (χ2v) is 6.85. The molecule has 136 valence electrons. The van der Waals surface area contributed by atoms with E-state index in [-0.39, 0.29) is 18.3 Å². The summed E-state index contributed by atoms with van der Waals surface area (Å²) in [6.45, 7) is 0.199. The van der Waals surface area contributed by atoms with Gasteiger partial charge in [-0.1, -0.05) is 23.7 Å². The van der Waals surface area contributed by atoms with Crippen LogP contribution in [0.15, 0.2) is 53.8 Å². The highest BCUT2D eigenvalue weighted by Gasteiger charge is 2.26. The van der Waals surface area contributed by atoms with E-state index in [1.807, 2.05) is 10.6 Å². The molecular formula is C20H16ClFN4O.